The maximum absolute atomic E-state index is 9.44. The summed E-state index contributed by atoms with van der Waals surface area (Å²) in [7, 11) is 0. The van der Waals surface area contributed by atoms with E-state index >= 15 is 0 Å². The van der Waals surface area contributed by atoms with Gasteiger partial charge in [0.25, 0.3) is 0 Å². The van der Waals surface area contributed by atoms with Crippen molar-refractivity contribution in [2.45, 2.75) is 50.8 Å². The SMILES string of the molecule is CC(NC1CCC(O)CC1)c1occc1Br. The Balaban J connectivity index is 1.88. The van der Waals surface area contributed by atoms with Gasteiger partial charge in [0.05, 0.1) is 22.9 Å². The quantitative estimate of drug-likeness (QED) is 0.898. The van der Waals surface area contributed by atoms with Gasteiger partial charge in [0.15, 0.2) is 0 Å². The van der Waals surface area contributed by atoms with Crippen molar-refractivity contribution in [3.05, 3.63) is 22.6 Å². The average Bonchev–Trinajstić information content (AvgIpc) is 2.68. The van der Waals surface area contributed by atoms with Gasteiger partial charge in [-0.25, -0.2) is 0 Å². The summed E-state index contributed by atoms with van der Waals surface area (Å²) >= 11 is 3.47. The summed E-state index contributed by atoms with van der Waals surface area (Å²) in [6.07, 6.45) is 5.51. The highest BCUT2D eigenvalue weighted by molar-refractivity contribution is 9.10. The number of rotatable bonds is 3. The third-order valence-corrected chi connectivity index (χ3v) is 3.88. The predicted molar refractivity (Wildman–Crippen MR) is 66.2 cm³/mol. The van der Waals surface area contributed by atoms with Crippen molar-refractivity contribution in [3.8, 4) is 0 Å². The lowest BCUT2D eigenvalue weighted by Gasteiger charge is -2.28. The molecule has 1 heterocycles. The van der Waals surface area contributed by atoms with Gasteiger partial charge in [-0.3, -0.25) is 0 Å². The lowest BCUT2D eigenvalue weighted by molar-refractivity contribution is 0.114. The van der Waals surface area contributed by atoms with Crippen molar-refractivity contribution in [1.29, 1.82) is 0 Å². The fourth-order valence-corrected chi connectivity index (χ4v) is 2.83. The van der Waals surface area contributed by atoms with E-state index in [1.54, 1.807) is 6.26 Å². The summed E-state index contributed by atoms with van der Waals surface area (Å²) in [5.41, 5.74) is 0. The first-order valence-electron chi connectivity index (χ1n) is 5.84. The first kappa shape index (κ1) is 12.1. The number of aliphatic hydroxyl groups is 1. The van der Waals surface area contributed by atoms with Crippen molar-refractivity contribution < 1.29 is 9.52 Å². The van der Waals surface area contributed by atoms with Crippen LogP contribution in [0.15, 0.2) is 21.2 Å². The highest BCUT2D eigenvalue weighted by Gasteiger charge is 2.22. The second kappa shape index (κ2) is 5.34. The topological polar surface area (TPSA) is 45.4 Å². The smallest absolute Gasteiger partial charge is 0.134 e. The molecule has 0 spiro atoms. The summed E-state index contributed by atoms with van der Waals surface area (Å²) < 4.78 is 6.45. The molecule has 1 fully saturated rings. The molecule has 0 amide bonds. The molecule has 0 aliphatic heterocycles. The number of aliphatic hydroxyl groups excluding tert-OH is 1. The number of nitrogens with one attached hydrogen (secondary N) is 1. The van der Waals surface area contributed by atoms with Gasteiger partial charge in [0.1, 0.15) is 5.76 Å². The zero-order chi connectivity index (χ0) is 11.5. The molecule has 0 bridgehead atoms. The van der Waals surface area contributed by atoms with Gasteiger partial charge in [-0.2, -0.15) is 0 Å². The van der Waals surface area contributed by atoms with Gasteiger partial charge in [-0.1, -0.05) is 0 Å². The minimum absolute atomic E-state index is 0.0938. The van der Waals surface area contributed by atoms with Gasteiger partial charge in [-0.05, 0) is 54.6 Å². The molecule has 4 heteroatoms. The first-order valence-corrected chi connectivity index (χ1v) is 6.63. The van der Waals surface area contributed by atoms with Crippen molar-refractivity contribution >= 4 is 15.9 Å². The molecule has 1 aliphatic carbocycles. The van der Waals surface area contributed by atoms with Crippen LogP contribution in [0.5, 0.6) is 0 Å². The molecule has 0 saturated heterocycles. The lowest BCUT2D eigenvalue weighted by Crippen LogP contribution is -2.36. The summed E-state index contributed by atoms with van der Waals surface area (Å²) in [6, 6.07) is 2.62. The van der Waals surface area contributed by atoms with E-state index in [-0.39, 0.29) is 12.1 Å². The molecule has 2 rings (SSSR count). The molecule has 16 heavy (non-hydrogen) atoms. The van der Waals surface area contributed by atoms with Crippen LogP contribution in [0.3, 0.4) is 0 Å². The number of halogens is 1. The molecule has 1 aromatic heterocycles. The summed E-state index contributed by atoms with van der Waals surface area (Å²) in [6.45, 7) is 2.11. The van der Waals surface area contributed by atoms with Gasteiger partial charge in [0, 0.05) is 6.04 Å². The second-order valence-electron chi connectivity index (χ2n) is 4.53. The molecule has 2 N–H and O–H groups in total. The Bertz CT molecular complexity index is 332. The Kier molecular flexibility index (Phi) is 4.05. The highest BCUT2D eigenvalue weighted by atomic mass is 79.9. The fourth-order valence-electron chi connectivity index (χ4n) is 2.29. The maximum Gasteiger partial charge on any atom is 0.134 e. The van der Waals surface area contributed by atoms with Crippen molar-refractivity contribution in [3.63, 3.8) is 0 Å². The van der Waals surface area contributed by atoms with E-state index in [1.165, 1.54) is 0 Å². The molecule has 1 atom stereocenters. The molecule has 3 nitrogen and oxygen atoms in total. The standard InChI is InChI=1S/C12H18BrNO2/c1-8(12-11(13)6-7-16-12)14-9-2-4-10(15)5-3-9/h6-10,14-15H,2-5H2,1H3. The predicted octanol–water partition coefficient (Wildman–Crippen LogP) is 3.00. The summed E-state index contributed by atoms with van der Waals surface area (Å²) in [4.78, 5) is 0. The van der Waals surface area contributed by atoms with Crippen LogP contribution < -0.4 is 5.32 Å². The first-order chi connectivity index (χ1) is 7.66. The van der Waals surface area contributed by atoms with Crippen molar-refractivity contribution in [1.82, 2.24) is 5.32 Å². The molecule has 0 aromatic carbocycles. The Hall–Kier alpha value is -0.320. The Morgan fingerprint density at radius 1 is 1.44 bits per heavy atom. The molecular formula is C12H18BrNO2. The van der Waals surface area contributed by atoms with E-state index in [2.05, 4.69) is 28.2 Å². The molecule has 1 aliphatic rings. The summed E-state index contributed by atoms with van der Waals surface area (Å²) in [5, 5.41) is 13.0. The summed E-state index contributed by atoms with van der Waals surface area (Å²) in [5.74, 6) is 0.950. The van der Waals surface area contributed by atoms with Crippen molar-refractivity contribution in [2.75, 3.05) is 0 Å². The van der Waals surface area contributed by atoms with E-state index in [1.807, 2.05) is 6.07 Å². The molecule has 0 radical (unpaired) electrons. The molecule has 90 valence electrons. The fraction of sp³-hybridized carbons (Fsp3) is 0.667. The van der Waals surface area contributed by atoms with Crippen LogP contribution in [0.4, 0.5) is 0 Å². The third-order valence-electron chi connectivity index (χ3n) is 3.22. The normalized spacial score (nSPS) is 27.9. The van der Waals surface area contributed by atoms with Crippen LogP contribution in [0.25, 0.3) is 0 Å². The van der Waals surface area contributed by atoms with Crippen LogP contribution in [-0.4, -0.2) is 17.3 Å². The highest BCUT2D eigenvalue weighted by Crippen LogP contribution is 2.26. The van der Waals surface area contributed by atoms with Gasteiger partial charge in [-0.15, -0.1) is 0 Å². The minimum Gasteiger partial charge on any atom is -0.466 e. The van der Waals surface area contributed by atoms with E-state index in [0.29, 0.717) is 6.04 Å². The van der Waals surface area contributed by atoms with E-state index in [4.69, 9.17) is 4.42 Å². The molecule has 1 saturated carbocycles. The lowest BCUT2D eigenvalue weighted by atomic mass is 9.92. The minimum atomic E-state index is -0.0938. The zero-order valence-electron chi connectivity index (χ0n) is 9.45. The monoisotopic (exact) mass is 287 g/mol. The van der Waals surface area contributed by atoms with Crippen LogP contribution in [0, 0.1) is 0 Å². The van der Waals surface area contributed by atoms with E-state index in [0.717, 1.165) is 35.9 Å². The second-order valence-corrected chi connectivity index (χ2v) is 5.38. The van der Waals surface area contributed by atoms with Gasteiger partial charge in [0.2, 0.25) is 0 Å². The molecular weight excluding hydrogens is 270 g/mol. The van der Waals surface area contributed by atoms with Crippen LogP contribution in [0.1, 0.15) is 44.4 Å². The molecule has 1 unspecified atom stereocenters. The Morgan fingerprint density at radius 2 is 2.12 bits per heavy atom. The van der Waals surface area contributed by atoms with Crippen LogP contribution in [0.2, 0.25) is 0 Å². The van der Waals surface area contributed by atoms with E-state index < -0.39 is 0 Å². The molecule has 1 aromatic rings. The largest absolute Gasteiger partial charge is 0.466 e. The number of hydrogen-bond donors (Lipinski definition) is 2. The third kappa shape index (κ3) is 2.87. The van der Waals surface area contributed by atoms with Crippen LogP contribution >= 0.6 is 15.9 Å². The zero-order valence-corrected chi connectivity index (χ0v) is 11.0. The number of hydrogen-bond acceptors (Lipinski definition) is 3. The Morgan fingerprint density at radius 3 is 2.69 bits per heavy atom. The maximum atomic E-state index is 9.44. The number of furan rings is 1. The van der Waals surface area contributed by atoms with E-state index in [9.17, 15) is 5.11 Å². The van der Waals surface area contributed by atoms with Crippen molar-refractivity contribution in [2.24, 2.45) is 0 Å². The van der Waals surface area contributed by atoms with Crippen LogP contribution in [-0.2, 0) is 0 Å². The average molecular weight is 288 g/mol. The van der Waals surface area contributed by atoms with Gasteiger partial charge < -0.3 is 14.8 Å². The Labute approximate surface area is 104 Å². The van der Waals surface area contributed by atoms with Gasteiger partial charge >= 0.3 is 0 Å².